The van der Waals surface area contributed by atoms with Gasteiger partial charge in [0.05, 0.1) is 17.5 Å². The molecule has 1 fully saturated rings. The van der Waals surface area contributed by atoms with Crippen molar-refractivity contribution >= 4 is 25.3 Å². The van der Waals surface area contributed by atoms with E-state index in [1.807, 2.05) is 0 Å². The Morgan fingerprint density at radius 3 is 1.65 bits per heavy atom. The minimum absolute atomic E-state index is 0.0833. The van der Waals surface area contributed by atoms with Gasteiger partial charge in [-0.1, -0.05) is 0 Å². The zero-order valence-electron chi connectivity index (χ0n) is 10.6. The highest BCUT2D eigenvalue weighted by Crippen LogP contribution is 2.48. The highest BCUT2D eigenvalue weighted by molar-refractivity contribution is 7.59. The molecule has 2 N–H and O–H groups in total. The van der Waals surface area contributed by atoms with Crippen molar-refractivity contribution in [2.75, 3.05) is 12.8 Å². The second kappa shape index (κ2) is 6.34. The largest absolute Gasteiger partial charge is 0.478 e. The van der Waals surface area contributed by atoms with Crippen molar-refractivity contribution in [3.8, 4) is 0 Å². The van der Waals surface area contributed by atoms with Crippen molar-refractivity contribution in [3.05, 3.63) is 35.4 Å². The number of aromatic carboxylic acids is 2. The van der Waals surface area contributed by atoms with Crippen LogP contribution in [0.1, 0.15) is 27.1 Å². The maximum Gasteiger partial charge on any atom is 0.335 e. The van der Waals surface area contributed by atoms with E-state index in [0.717, 1.165) is 0 Å². The summed E-state index contributed by atoms with van der Waals surface area (Å²) in [5, 5.41) is 16.9. The Morgan fingerprint density at radius 2 is 1.50 bits per heavy atom. The predicted molar refractivity (Wildman–Crippen MR) is 69.5 cm³/mol. The maximum absolute atomic E-state index is 10.8. The van der Waals surface area contributed by atoms with Gasteiger partial charge in [0, 0.05) is 12.8 Å². The van der Waals surface area contributed by atoms with E-state index < -0.39 is 19.3 Å². The van der Waals surface area contributed by atoms with Gasteiger partial charge in [-0.3, -0.25) is 9.36 Å². The molecule has 1 saturated heterocycles. The van der Waals surface area contributed by atoms with Gasteiger partial charge < -0.3 is 14.7 Å². The smallest absolute Gasteiger partial charge is 0.335 e. The molecule has 8 heteroatoms. The Hall–Kier alpha value is -2.14. The Morgan fingerprint density at radius 1 is 1.10 bits per heavy atom. The summed E-state index contributed by atoms with van der Waals surface area (Å²) < 4.78 is 15.2. The van der Waals surface area contributed by atoms with Gasteiger partial charge in [-0.25, -0.2) is 9.59 Å². The molecule has 0 spiro atoms. The summed E-state index contributed by atoms with van der Waals surface area (Å²) >= 11 is 0. The molecule has 0 radical (unpaired) electrons. The van der Waals surface area contributed by atoms with Gasteiger partial charge in [-0.2, -0.15) is 0 Å². The van der Waals surface area contributed by atoms with Crippen LogP contribution < -0.4 is 0 Å². The van der Waals surface area contributed by atoms with E-state index in [4.69, 9.17) is 10.2 Å². The van der Waals surface area contributed by atoms with Crippen molar-refractivity contribution in [2.24, 2.45) is 0 Å². The van der Waals surface area contributed by atoms with Crippen LogP contribution in [0.2, 0.25) is 0 Å². The molecule has 2 rings (SSSR count). The first-order chi connectivity index (χ1) is 9.21. The fourth-order valence-electron chi connectivity index (χ4n) is 1.36. The zero-order chi connectivity index (χ0) is 15.3. The number of hydrogen-bond donors (Lipinski definition) is 2. The first-order valence-corrected chi connectivity index (χ1v) is 7.82. The normalized spacial score (nSPS) is 20.6. The summed E-state index contributed by atoms with van der Waals surface area (Å²) in [6, 6.07) is 5.02. The minimum Gasteiger partial charge on any atom is -0.478 e. The zero-order valence-corrected chi connectivity index (χ0v) is 11.5. The highest BCUT2D eigenvalue weighted by atomic mass is 31.2. The molecular formula is C12H13O7P. The van der Waals surface area contributed by atoms with Crippen LogP contribution in [0, 0.1) is 0 Å². The van der Waals surface area contributed by atoms with Crippen LogP contribution >= 0.6 is 7.37 Å². The van der Waals surface area contributed by atoms with E-state index in [1.54, 1.807) is 0 Å². The Bertz CT molecular complexity index is 543. The third-order valence-electron chi connectivity index (χ3n) is 2.40. The van der Waals surface area contributed by atoms with E-state index in [-0.39, 0.29) is 17.1 Å². The van der Waals surface area contributed by atoms with Gasteiger partial charge in [0.15, 0.2) is 0 Å². The summed E-state index contributed by atoms with van der Waals surface area (Å²) in [4.78, 5) is 30.9. The number of carbonyl (C=O) groups excluding carboxylic acids is 1. The molecule has 20 heavy (non-hydrogen) atoms. The van der Waals surface area contributed by atoms with Gasteiger partial charge in [-0.05, 0) is 24.3 Å². The summed E-state index contributed by atoms with van der Waals surface area (Å²) in [6.07, 6.45) is 0.750. The lowest BCUT2D eigenvalue weighted by Crippen LogP contribution is -1.99. The van der Waals surface area contributed by atoms with E-state index in [2.05, 4.69) is 4.52 Å². The molecule has 1 heterocycles. The SMILES string of the molecule is CP1(=O)CCC(=O)O1.O=C(O)c1ccc(C(=O)O)cc1. The van der Waals surface area contributed by atoms with Crippen molar-refractivity contribution in [1.82, 2.24) is 0 Å². The molecule has 108 valence electrons. The topological polar surface area (TPSA) is 118 Å². The molecule has 0 saturated carbocycles. The molecule has 1 aliphatic heterocycles. The third kappa shape index (κ3) is 4.85. The van der Waals surface area contributed by atoms with Crippen LogP contribution in [-0.4, -0.2) is 40.9 Å². The maximum atomic E-state index is 10.8. The van der Waals surface area contributed by atoms with Crippen LogP contribution in [0.25, 0.3) is 0 Å². The predicted octanol–water partition coefficient (Wildman–Crippen LogP) is 1.92. The van der Waals surface area contributed by atoms with Gasteiger partial charge >= 0.3 is 17.9 Å². The average molecular weight is 300 g/mol. The number of carboxylic acid groups (broad SMARTS) is 2. The number of rotatable bonds is 2. The van der Waals surface area contributed by atoms with E-state index in [9.17, 15) is 18.9 Å². The summed E-state index contributed by atoms with van der Waals surface area (Å²) in [7, 11) is -2.45. The first-order valence-electron chi connectivity index (χ1n) is 5.57. The molecule has 1 atom stereocenters. The Labute approximate surface area is 114 Å². The highest BCUT2D eigenvalue weighted by Gasteiger charge is 2.28. The Balaban J connectivity index is 0.000000217. The lowest BCUT2D eigenvalue weighted by molar-refractivity contribution is -0.132. The van der Waals surface area contributed by atoms with Crippen LogP contribution in [-0.2, 0) is 13.9 Å². The minimum atomic E-state index is -2.45. The van der Waals surface area contributed by atoms with Gasteiger partial charge in [0.2, 0.25) is 7.37 Å². The van der Waals surface area contributed by atoms with Crippen LogP contribution in [0.15, 0.2) is 24.3 Å². The van der Waals surface area contributed by atoms with Crippen molar-refractivity contribution < 1.29 is 33.7 Å². The quantitative estimate of drug-likeness (QED) is 0.801. The average Bonchev–Trinajstić information content (AvgIpc) is 2.68. The summed E-state index contributed by atoms with van der Waals surface area (Å²) in [5.74, 6) is -2.45. The fraction of sp³-hybridized carbons (Fsp3) is 0.250. The van der Waals surface area contributed by atoms with E-state index >= 15 is 0 Å². The summed E-state index contributed by atoms with van der Waals surface area (Å²) in [6.45, 7) is 1.48. The second-order valence-corrected chi connectivity index (χ2v) is 6.80. The molecule has 1 aliphatic rings. The number of benzene rings is 1. The second-order valence-electron chi connectivity index (χ2n) is 4.14. The number of hydrogen-bond acceptors (Lipinski definition) is 5. The van der Waals surface area contributed by atoms with Crippen molar-refractivity contribution in [3.63, 3.8) is 0 Å². The molecule has 1 aromatic carbocycles. The molecule has 1 aromatic rings. The van der Waals surface area contributed by atoms with E-state index in [1.165, 1.54) is 30.9 Å². The molecule has 7 nitrogen and oxygen atoms in total. The Kier molecular flexibility index (Phi) is 5.05. The fourth-order valence-corrected chi connectivity index (χ4v) is 2.56. The van der Waals surface area contributed by atoms with Gasteiger partial charge in [-0.15, -0.1) is 0 Å². The monoisotopic (exact) mass is 300 g/mol. The number of carbonyl (C=O) groups is 3. The number of carboxylic acids is 2. The molecular weight excluding hydrogens is 287 g/mol. The molecule has 1 unspecified atom stereocenters. The van der Waals surface area contributed by atoms with Crippen LogP contribution in [0.3, 0.4) is 0 Å². The lowest BCUT2D eigenvalue weighted by Gasteiger charge is -1.98. The first kappa shape index (κ1) is 15.9. The third-order valence-corrected chi connectivity index (χ3v) is 4.02. The summed E-state index contributed by atoms with van der Waals surface area (Å²) in [5.41, 5.74) is 0.167. The molecule has 0 amide bonds. The molecule has 0 aliphatic carbocycles. The van der Waals surface area contributed by atoms with Gasteiger partial charge in [0.25, 0.3) is 0 Å². The van der Waals surface area contributed by atoms with Crippen molar-refractivity contribution in [1.29, 1.82) is 0 Å². The lowest BCUT2D eigenvalue weighted by atomic mass is 10.1. The van der Waals surface area contributed by atoms with Crippen LogP contribution in [0.5, 0.6) is 0 Å². The van der Waals surface area contributed by atoms with Crippen LogP contribution in [0.4, 0.5) is 0 Å². The molecule has 0 bridgehead atoms. The molecule has 0 aromatic heterocycles. The standard InChI is InChI=1S/C8H6O4.C4H7O3P/c9-7(10)5-1-2-6(4-3-5)8(11)12;1-8(6)3-2-4(5)7-8/h1-4H,(H,9,10)(H,11,12);2-3H2,1H3. The van der Waals surface area contributed by atoms with Crippen molar-refractivity contribution in [2.45, 2.75) is 6.42 Å². The van der Waals surface area contributed by atoms with E-state index in [0.29, 0.717) is 12.6 Å². The van der Waals surface area contributed by atoms with Gasteiger partial charge in [0.1, 0.15) is 0 Å².